The summed E-state index contributed by atoms with van der Waals surface area (Å²) in [6, 6.07) is 12.1. The molecule has 1 heterocycles. The van der Waals surface area contributed by atoms with Crippen LogP contribution in [0, 0.1) is 6.92 Å². The molecule has 1 amide bonds. The van der Waals surface area contributed by atoms with Crippen molar-refractivity contribution in [3.8, 4) is 0 Å². The van der Waals surface area contributed by atoms with Gasteiger partial charge in [0.1, 0.15) is 0 Å². The van der Waals surface area contributed by atoms with Gasteiger partial charge in [-0.15, -0.1) is 11.3 Å². The molecule has 0 spiro atoms. The highest BCUT2D eigenvalue weighted by molar-refractivity contribution is 7.16. The minimum absolute atomic E-state index is 0.0544. The number of nitrogens with one attached hydrogen (secondary N) is 1. The van der Waals surface area contributed by atoms with Crippen LogP contribution in [-0.4, -0.2) is 30.9 Å². The van der Waals surface area contributed by atoms with Crippen molar-refractivity contribution in [2.75, 3.05) is 20.1 Å². The molecular formula is C17H21ClN2OS. The quantitative estimate of drug-likeness (QED) is 0.839. The molecule has 118 valence electrons. The average Bonchev–Trinajstić information content (AvgIpc) is 2.86. The number of benzene rings is 1. The SMILES string of the molecule is Cc1ccccc1CCNC(=O)CN(C)Cc1ccc(Cl)s1. The van der Waals surface area contributed by atoms with Crippen LogP contribution in [0.5, 0.6) is 0 Å². The topological polar surface area (TPSA) is 32.3 Å². The molecule has 0 bridgehead atoms. The molecule has 2 rings (SSSR count). The first-order valence-corrected chi connectivity index (χ1v) is 8.48. The van der Waals surface area contributed by atoms with Gasteiger partial charge in [-0.05, 0) is 43.7 Å². The second kappa shape index (κ2) is 8.32. The van der Waals surface area contributed by atoms with Gasteiger partial charge in [0.05, 0.1) is 10.9 Å². The molecule has 0 fully saturated rings. The van der Waals surface area contributed by atoms with Gasteiger partial charge in [-0.1, -0.05) is 35.9 Å². The molecule has 2 aromatic rings. The maximum absolute atomic E-state index is 11.9. The van der Waals surface area contributed by atoms with Gasteiger partial charge in [0.15, 0.2) is 0 Å². The third kappa shape index (κ3) is 5.44. The van der Waals surface area contributed by atoms with Gasteiger partial charge in [0.2, 0.25) is 5.91 Å². The lowest BCUT2D eigenvalue weighted by Gasteiger charge is -2.15. The summed E-state index contributed by atoms with van der Waals surface area (Å²) in [4.78, 5) is 15.1. The first-order chi connectivity index (χ1) is 10.5. The molecule has 1 aromatic heterocycles. The van der Waals surface area contributed by atoms with Crippen LogP contribution in [0.4, 0.5) is 0 Å². The molecule has 0 aliphatic rings. The molecule has 0 radical (unpaired) electrons. The molecular weight excluding hydrogens is 316 g/mol. The maximum Gasteiger partial charge on any atom is 0.234 e. The van der Waals surface area contributed by atoms with Crippen molar-refractivity contribution < 1.29 is 4.79 Å². The van der Waals surface area contributed by atoms with E-state index in [0.717, 1.165) is 17.3 Å². The van der Waals surface area contributed by atoms with Gasteiger partial charge in [0, 0.05) is 18.0 Å². The van der Waals surface area contributed by atoms with E-state index < -0.39 is 0 Å². The molecule has 1 N–H and O–H groups in total. The number of hydrogen-bond acceptors (Lipinski definition) is 3. The first kappa shape index (κ1) is 17.0. The van der Waals surface area contributed by atoms with Crippen LogP contribution in [0.25, 0.3) is 0 Å². The molecule has 0 aliphatic heterocycles. The molecule has 0 saturated heterocycles. The third-order valence-corrected chi connectivity index (χ3v) is 4.66. The summed E-state index contributed by atoms with van der Waals surface area (Å²) in [5, 5.41) is 2.98. The van der Waals surface area contributed by atoms with E-state index in [0.29, 0.717) is 13.1 Å². The summed E-state index contributed by atoms with van der Waals surface area (Å²) in [6.07, 6.45) is 0.864. The minimum atomic E-state index is 0.0544. The summed E-state index contributed by atoms with van der Waals surface area (Å²) >= 11 is 7.46. The van der Waals surface area contributed by atoms with Gasteiger partial charge in [-0.25, -0.2) is 0 Å². The van der Waals surface area contributed by atoms with Crippen molar-refractivity contribution in [2.24, 2.45) is 0 Å². The summed E-state index contributed by atoms with van der Waals surface area (Å²) in [7, 11) is 1.94. The van der Waals surface area contributed by atoms with E-state index in [1.165, 1.54) is 16.0 Å². The van der Waals surface area contributed by atoms with E-state index in [9.17, 15) is 4.79 Å². The van der Waals surface area contributed by atoms with E-state index >= 15 is 0 Å². The summed E-state index contributed by atoms with van der Waals surface area (Å²) in [5.41, 5.74) is 2.55. The van der Waals surface area contributed by atoms with Gasteiger partial charge in [0.25, 0.3) is 0 Å². The van der Waals surface area contributed by atoms with E-state index in [1.807, 2.05) is 36.2 Å². The van der Waals surface area contributed by atoms with Crippen molar-refractivity contribution in [2.45, 2.75) is 19.9 Å². The summed E-state index contributed by atoms with van der Waals surface area (Å²) in [5.74, 6) is 0.0544. The van der Waals surface area contributed by atoms with Crippen LogP contribution in [0.1, 0.15) is 16.0 Å². The highest BCUT2D eigenvalue weighted by Crippen LogP contribution is 2.22. The number of halogens is 1. The maximum atomic E-state index is 11.9. The number of nitrogens with zero attached hydrogens (tertiary/aromatic N) is 1. The van der Waals surface area contributed by atoms with Crippen LogP contribution in [0.15, 0.2) is 36.4 Å². The van der Waals surface area contributed by atoms with Crippen LogP contribution < -0.4 is 5.32 Å². The minimum Gasteiger partial charge on any atom is -0.355 e. The van der Waals surface area contributed by atoms with Crippen LogP contribution in [0.2, 0.25) is 4.34 Å². The second-order valence-corrected chi connectivity index (χ2v) is 7.20. The molecule has 22 heavy (non-hydrogen) atoms. The zero-order valence-corrected chi connectivity index (χ0v) is 14.5. The Labute approximate surface area is 140 Å². The fourth-order valence-corrected chi connectivity index (χ4v) is 3.45. The fourth-order valence-electron chi connectivity index (χ4n) is 2.29. The lowest BCUT2D eigenvalue weighted by Crippen LogP contribution is -2.35. The number of amides is 1. The second-order valence-electron chi connectivity index (χ2n) is 5.40. The van der Waals surface area contributed by atoms with E-state index in [1.54, 1.807) is 11.3 Å². The molecule has 0 saturated carbocycles. The zero-order chi connectivity index (χ0) is 15.9. The van der Waals surface area contributed by atoms with E-state index in [-0.39, 0.29) is 5.91 Å². The highest BCUT2D eigenvalue weighted by Gasteiger charge is 2.08. The molecule has 3 nitrogen and oxygen atoms in total. The lowest BCUT2D eigenvalue weighted by molar-refractivity contribution is -0.122. The Kier molecular flexibility index (Phi) is 6.43. The number of rotatable bonds is 7. The number of likely N-dealkylation sites (N-methyl/N-ethyl adjacent to an activating group) is 1. The van der Waals surface area contributed by atoms with E-state index in [2.05, 4.69) is 24.4 Å². The van der Waals surface area contributed by atoms with Crippen molar-refractivity contribution in [1.82, 2.24) is 10.2 Å². The predicted molar refractivity (Wildman–Crippen MR) is 93.6 cm³/mol. The Morgan fingerprint density at radius 3 is 2.73 bits per heavy atom. The molecule has 0 atom stereocenters. The Morgan fingerprint density at radius 2 is 2.05 bits per heavy atom. The monoisotopic (exact) mass is 336 g/mol. The lowest BCUT2D eigenvalue weighted by atomic mass is 10.1. The van der Waals surface area contributed by atoms with Gasteiger partial charge < -0.3 is 5.32 Å². The van der Waals surface area contributed by atoms with Crippen molar-refractivity contribution >= 4 is 28.8 Å². The average molecular weight is 337 g/mol. The summed E-state index contributed by atoms with van der Waals surface area (Å²) in [6.45, 7) is 3.89. The fraction of sp³-hybridized carbons (Fsp3) is 0.353. The number of aryl methyl sites for hydroxylation is 1. The van der Waals surface area contributed by atoms with Crippen LogP contribution >= 0.6 is 22.9 Å². The molecule has 5 heteroatoms. The highest BCUT2D eigenvalue weighted by atomic mass is 35.5. The van der Waals surface area contributed by atoms with Crippen LogP contribution in [0.3, 0.4) is 0 Å². The van der Waals surface area contributed by atoms with Gasteiger partial charge >= 0.3 is 0 Å². The van der Waals surface area contributed by atoms with Gasteiger partial charge in [-0.3, -0.25) is 9.69 Å². The van der Waals surface area contributed by atoms with Crippen molar-refractivity contribution in [3.63, 3.8) is 0 Å². The first-order valence-electron chi connectivity index (χ1n) is 7.28. The Hall–Kier alpha value is -1.36. The zero-order valence-electron chi connectivity index (χ0n) is 12.9. The Morgan fingerprint density at radius 1 is 1.27 bits per heavy atom. The van der Waals surface area contributed by atoms with Crippen LogP contribution in [-0.2, 0) is 17.8 Å². The Balaban J connectivity index is 1.70. The van der Waals surface area contributed by atoms with E-state index in [4.69, 9.17) is 11.6 Å². The molecule has 0 aliphatic carbocycles. The smallest absolute Gasteiger partial charge is 0.234 e. The largest absolute Gasteiger partial charge is 0.355 e. The summed E-state index contributed by atoms with van der Waals surface area (Å²) < 4.78 is 0.783. The predicted octanol–water partition coefficient (Wildman–Crippen LogP) is 3.50. The number of hydrogen-bond donors (Lipinski definition) is 1. The normalized spacial score (nSPS) is 10.9. The number of thiophene rings is 1. The molecule has 0 unspecified atom stereocenters. The third-order valence-electron chi connectivity index (χ3n) is 3.45. The molecule has 1 aromatic carbocycles. The van der Waals surface area contributed by atoms with Crippen molar-refractivity contribution in [1.29, 1.82) is 0 Å². The standard InChI is InChI=1S/C17H21ClN2OS/c1-13-5-3-4-6-14(13)9-10-19-17(21)12-20(2)11-15-7-8-16(18)22-15/h3-8H,9-12H2,1-2H3,(H,19,21). The van der Waals surface area contributed by atoms with Gasteiger partial charge in [-0.2, -0.15) is 0 Å². The number of carbonyl (C=O) groups is 1. The Bertz CT molecular complexity index is 627. The van der Waals surface area contributed by atoms with Crippen molar-refractivity contribution in [3.05, 3.63) is 56.7 Å². The number of carbonyl (C=O) groups excluding carboxylic acids is 1.